The van der Waals surface area contributed by atoms with Crippen LogP contribution in [-0.2, 0) is 14.3 Å². The lowest BCUT2D eigenvalue weighted by Crippen LogP contribution is -2.57. The molecule has 2 atom stereocenters. The standard InChI is InChI=1S/C19H35N3O3.2ClH/c1-15-12-21(13-16(2)25-15)14-17-4-10-22(11-5-17)18(23)19(24-3)6-8-20-9-7-19;;/h15-17,20H,4-14H2,1-3H3;2*1H. The van der Waals surface area contributed by atoms with Crippen molar-refractivity contribution in [3.8, 4) is 0 Å². The fourth-order valence-corrected chi connectivity index (χ4v) is 4.74. The second-order valence-corrected chi connectivity index (χ2v) is 8.16. The Morgan fingerprint density at radius 3 is 2.19 bits per heavy atom. The van der Waals surface area contributed by atoms with Crippen molar-refractivity contribution in [2.24, 2.45) is 5.92 Å². The second kappa shape index (κ2) is 11.2. The van der Waals surface area contributed by atoms with Gasteiger partial charge in [-0.15, -0.1) is 24.8 Å². The Hall–Kier alpha value is -0.110. The molecule has 3 fully saturated rings. The Labute approximate surface area is 176 Å². The minimum atomic E-state index is -0.590. The maximum Gasteiger partial charge on any atom is 0.254 e. The summed E-state index contributed by atoms with van der Waals surface area (Å²) < 4.78 is 11.5. The van der Waals surface area contributed by atoms with Gasteiger partial charge in [0.2, 0.25) is 0 Å². The van der Waals surface area contributed by atoms with Gasteiger partial charge in [0, 0.05) is 39.8 Å². The Bertz CT molecular complexity index is 445. The summed E-state index contributed by atoms with van der Waals surface area (Å²) in [4.78, 5) is 17.6. The third kappa shape index (κ3) is 6.18. The number of rotatable bonds is 4. The van der Waals surface area contributed by atoms with E-state index < -0.39 is 5.60 Å². The summed E-state index contributed by atoms with van der Waals surface area (Å²) in [7, 11) is 1.69. The van der Waals surface area contributed by atoms with Crippen LogP contribution in [0.5, 0.6) is 0 Å². The van der Waals surface area contributed by atoms with Crippen LogP contribution in [0.25, 0.3) is 0 Å². The second-order valence-electron chi connectivity index (χ2n) is 8.16. The summed E-state index contributed by atoms with van der Waals surface area (Å²) in [5.74, 6) is 0.900. The lowest BCUT2D eigenvalue weighted by atomic mass is 9.88. The first-order valence-electron chi connectivity index (χ1n) is 9.95. The van der Waals surface area contributed by atoms with Crippen molar-refractivity contribution in [1.82, 2.24) is 15.1 Å². The molecular formula is C19H37Cl2N3O3. The molecule has 0 aromatic rings. The molecule has 160 valence electrons. The topological polar surface area (TPSA) is 54.0 Å². The molecule has 3 aliphatic heterocycles. The van der Waals surface area contributed by atoms with E-state index in [1.54, 1.807) is 7.11 Å². The first-order chi connectivity index (χ1) is 12.0. The number of carbonyl (C=O) groups is 1. The number of halogens is 2. The number of likely N-dealkylation sites (tertiary alicyclic amines) is 1. The van der Waals surface area contributed by atoms with Crippen molar-refractivity contribution in [3.05, 3.63) is 0 Å². The third-order valence-corrected chi connectivity index (χ3v) is 6.11. The van der Waals surface area contributed by atoms with Gasteiger partial charge in [-0.2, -0.15) is 0 Å². The summed E-state index contributed by atoms with van der Waals surface area (Å²) in [5, 5.41) is 3.32. The van der Waals surface area contributed by atoms with E-state index in [9.17, 15) is 4.79 Å². The zero-order valence-corrected chi connectivity index (χ0v) is 18.6. The van der Waals surface area contributed by atoms with Crippen LogP contribution in [0.15, 0.2) is 0 Å². The largest absolute Gasteiger partial charge is 0.373 e. The zero-order chi connectivity index (χ0) is 17.9. The van der Waals surface area contributed by atoms with E-state index in [0.29, 0.717) is 18.1 Å². The molecule has 1 amide bonds. The molecule has 27 heavy (non-hydrogen) atoms. The van der Waals surface area contributed by atoms with E-state index in [-0.39, 0.29) is 30.7 Å². The number of hydrogen-bond acceptors (Lipinski definition) is 5. The van der Waals surface area contributed by atoms with Crippen molar-refractivity contribution in [1.29, 1.82) is 0 Å². The zero-order valence-electron chi connectivity index (χ0n) is 16.9. The van der Waals surface area contributed by atoms with E-state index >= 15 is 0 Å². The number of carbonyl (C=O) groups excluding carboxylic acids is 1. The molecule has 1 N–H and O–H groups in total. The van der Waals surface area contributed by atoms with Gasteiger partial charge in [-0.25, -0.2) is 0 Å². The van der Waals surface area contributed by atoms with Crippen LogP contribution >= 0.6 is 24.8 Å². The average Bonchev–Trinajstić information content (AvgIpc) is 2.61. The monoisotopic (exact) mass is 425 g/mol. The third-order valence-electron chi connectivity index (χ3n) is 6.11. The number of morpholine rings is 1. The SMILES string of the molecule is COC1(C(=O)N2CCC(CN3CC(C)OC(C)C3)CC2)CCNCC1.Cl.Cl. The quantitative estimate of drug-likeness (QED) is 0.745. The number of hydrogen-bond donors (Lipinski definition) is 1. The van der Waals surface area contributed by atoms with E-state index in [0.717, 1.165) is 71.5 Å². The Morgan fingerprint density at radius 2 is 1.67 bits per heavy atom. The van der Waals surface area contributed by atoms with Crippen molar-refractivity contribution >= 4 is 30.7 Å². The van der Waals surface area contributed by atoms with Crippen molar-refractivity contribution < 1.29 is 14.3 Å². The molecule has 0 aromatic carbocycles. The number of methoxy groups -OCH3 is 1. The molecule has 0 radical (unpaired) electrons. The van der Waals surface area contributed by atoms with Gasteiger partial charge in [-0.3, -0.25) is 9.69 Å². The van der Waals surface area contributed by atoms with Crippen LogP contribution in [-0.4, -0.2) is 86.4 Å². The van der Waals surface area contributed by atoms with E-state index in [1.807, 2.05) is 0 Å². The van der Waals surface area contributed by atoms with Gasteiger partial charge < -0.3 is 19.7 Å². The minimum Gasteiger partial charge on any atom is -0.373 e. The maximum atomic E-state index is 13.0. The summed E-state index contributed by atoms with van der Waals surface area (Å²) in [6, 6.07) is 0. The molecule has 0 aromatic heterocycles. The lowest BCUT2D eigenvalue weighted by molar-refractivity contribution is -0.160. The van der Waals surface area contributed by atoms with Crippen LogP contribution < -0.4 is 5.32 Å². The van der Waals surface area contributed by atoms with Gasteiger partial charge in [0.1, 0.15) is 5.60 Å². The molecule has 8 heteroatoms. The Kier molecular flexibility index (Phi) is 10.3. The molecule has 3 heterocycles. The summed E-state index contributed by atoms with van der Waals surface area (Å²) >= 11 is 0. The highest BCUT2D eigenvalue weighted by Gasteiger charge is 2.43. The molecule has 6 nitrogen and oxygen atoms in total. The summed E-state index contributed by atoms with van der Waals surface area (Å²) in [6.07, 6.45) is 4.42. The van der Waals surface area contributed by atoms with Crippen LogP contribution in [0.3, 0.4) is 0 Å². The summed E-state index contributed by atoms with van der Waals surface area (Å²) in [5.41, 5.74) is -0.590. The molecule has 3 rings (SSSR count). The van der Waals surface area contributed by atoms with Gasteiger partial charge in [-0.05, 0) is 58.5 Å². The smallest absolute Gasteiger partial charge is 0.254 e. The van der Waals surface area contributed by atoms with Gasteiger partial charge in [-0.1, -0.05) is 0 Å². The minimum absolute atomic E-state index is 0. The number of nitrogens with zero attached hydrogens (tertiary/aromatic N) is 2. The molecule has 0 spiro atoms. The maximum absolute atomic E-state index is 13.0. The van der Waals surface area contributed by atoms with Crippen molar-refractivity contribution in [3.63, 3.8) is 0 Å². The molecule has 3 aliphatic rings. The molecule has 2 unspecified atom stereocenters. The predicted octanol–water partition coefficient (Wildman–Crippen LogP) is 1.95. The average molecular weight is 426 g/mol. The predicted molar refractivity (Wildman–Crippen MR) is 112 cm³/mol. The lowest BCUT2D eigenvalue weighted by Gasteiger charge is -2.43. The Morgan fingerprint density at radius 1 is 1.11 bits per heavy atom. The van der Waals surface area contributed by atoms with E-state index in [4.69, 9.17) is 9.47 Å². The van der Waals surface area contributed by atoms with E-state index in [1.165, 1.54) is 0 Å². The Balaban J connectivity index is 0.00000182. The fraction of sp³-hybridized carbons (Fsp3) is 0.947. The van der Waals surface area contributed by atoms with Crippen molar-refractivity contribution in [2.75, 3.05) is 52.9 Å². The first-order valence-corrected chi connectivity index (χ1v) is 9.95. The number of ether oxygens (including phenoxy) is 2. The van der Waals surface area contributed by atoms with Crippen molar-refractivity contribution in [2.45, 2.75) is 57.3 Å². The van der Waals surface area contributed by atoms with Gasteiger partial charge in [0.25, 0.3) is 5.91 Å². The highest BCUT2D eigenvalue weighted by molar-refractivity contribution is 5.86. The van der Waals surface area contributed by atoms with Crippen LogP contribution in [0.4, 0.5) is 0 Å². The normalized spacial score (nSPS) is 29.5. The summed E-state index contributed by atoms with van der Waals surface area (Å²) in [6.45, 7) is 11.0. The number of nitrogens with one attached hydrogen (secondary N) is 1. The number of piperidine rings is 2. The highest BCUT2D eigenvalue weighted by atomic mass is 35.5. The van der Waals surface area contributed by atoms with Crippen LogP contribution in [0.1, 0.15) is 39.5 Å². The molecular weight excluding hydrogens is 389 g/mol. The highest BCUT2D eigenvalue weighted by Crippen LogP contribution is 2.28. The van der Waals surface area contributed by atoms with Crippen LogP contribution in [0, 0.1) is 5.92 Å². The number of amides is 1. The van der Waals surface area contributed by atoms with Gasteiger partial charge in [0.15, 0.2) is 0 Å². The van der Waals surface area contributed by atoms with E-state index in [2.05, 4.69) is 29.0 Å². The molecule has 0 saturated carbocycles. The molecule has 0 bridgehead atoms. The molecule has 3 saturated heterocycles. The first kappa shape index (κ1) is 24.9. The van der Waals surface area contributed by atoms with Crippen LogP contribution in [0.2, 0.25) is 0 Å². The fourth-order valence-electron chi connectivity index (χ4n) is 4.74. The molecule has 0 aliphatic carbocycles. The van der Waals surface area contributed by atoms with Gasteiger partial charge >= 0.3 is 0 Å². The van der Waals surface area contributed by atoms with Gasteiger partial charge in [0.05, 0.1) is 12.2 Å².